The zero-order valence-electron chi connectivity index (χ0n) is 9.50. The molecular formula is C12H9BrN4O. The first-order valence-corrected chi connectivity index (χ1v) is 6.11. The third kappa shape index (κ3) is 1.57. The Labute approximate surface area is 111 Å². The Balaban J connectivity index is 2.33. The topological polar surface area (TPSA) is 63.8 Å². The lowest BCUT2D eigenvalue weighted by Crippen LogP contribution is -2.00. The van der Waals surface area contributed by atoms with Crippen molar-refractivity contribution in [2.24, 2.45) is 0 Å². The lowest BCUT2D eigenvalue weighted by molar-refractivity contribution is 0.459. The summed E-state index contributed by atoms with van der Waals surface area (Å²) in [6.07, 6.45) is 2.88. The summed E-state index contributed by atoms with van der Waals surface area (Å²) in [5.41, 5.74) is 2.56. The van der Waals surface area contributed by atoms with Gasteiger partial charge in [0.25, 0.3) is 0 Å². The number of nitrogens with zero attached hydrogens (tertiary/aromatic N) is 4. The maximum atomic E-state index is 9.64. The molecule has 0 spiro atoms. The normalized spacial score (nSPS) is 11.0. The summed E-state index contributed by atoms with van der Waals surface area (Å²) in [6, 6.07) is 5.85. The van der Waals surface area contributed by atoms with E-state index in [9.17, 15) is 5.11 Å². The molecule has 0 bridgehead atoms. The fourth-order valence-corrected chi connectivity index (χ4v) is 2.19. The third-order valence-electron chi connectivity index (χ3n) is 2.81. The molecule has 0 saturated carbocycles. The van der Waals surface area contributed by atoms with E-state index in [1.54, 1.807) is 10.9 Å². The summed E-state index contributed by atoms with van der Waals surface area (Å²) in [6.45, 7) is 1.99. The second-order valence-corrected chi connectivity index (χ2v) is 4.73. The summed E-state index contributed by atoms with van der Waals surface area (Å²) >= 11 is 3.49. The molecule has 0 aliphatic rings. The molecule has 3 rings (SSSR count). The number of fused-ring (bicyclic) bond motifs is 1. The number of hydrogen-bond acceptors (Lipinski definition) is 4. The maximum Gasteiger partial charge on any atom is 0.225 e. The van der Waals surface area contributed by atoms with E-state index in [1.807, 2.05) is 25.1 Å². The lowest BCUT2D eigenvalue weighted by Gasteiger charge is -2.08. The van der Waals surface area contributed by atoms with Gasteiger partial charge in [-0.1, -0.05) is 22.0 Å². The van der Waals surface area contributed by atoms with E-state index in [4.69, 9.17) is 0 Å². The minimum absolute atomic E-state index is 0.0566. The minimum Gasteiger partial charge on any atom is -0.493 e. The number of aromatic hydroxyl groups is 1. The van der Waals surface area contributed by atoms with Gasteiger partial charge >= 0.3 is 0 Å². The van der Waals surface area contributed by atoms with Crippen LogP contribution in [0.4, 0.5) is 0 Å². The number of halogens is 1. The Kier molecular flexibility index (Phi) is 2.52. The van der Waals surface area contributed by atoms with E-state index in [0.29, 0.717) is 11.0 Å². The van der Waals surface area contributed by atoms with Crippen LogP contribution >= 0.6 is 15.9 Å². The predicted octanol–water partition coefficient (Wildman–Crippen LogP) is 2.59. The second kappa shape index (κ2) is 4.06. The van der Waals surface area contributed by atoms with Crippen LogP contribution in [0.5, 0.6) is 5.88 Å². The van der Waals surface area contributed by atoms with Crippen molar-refractivity contribution in [1.82, 2.24) is 19.7 Å². The smallest absolute Gasteiger partial charge is 0.225 e. The maximum absolute atomic E-state index is 9.64. The average Bonchev–Trinajstić information content (AvgIpc) is 2.78. The molecule has 90 valence electrons. The zero-order valence-corrected chi connectivity index (χ0v) is 11.1. The average molecular weight is 305 g/mol. The Hall–Kier alpha value is -1.95. The minimum atomic E-state index is -0.0566. The largest absolute Gasteiger partial charge is 0.493 e. The first kappa shape index (κ1) is 11.2. The van der Waals surface area contributed by atoms with Gasteiger partial charge in [-0.2, -0.15) is 5.10 Å². The van der Waals surface area contributed by atoms with Crippen molar-refractivity contribution in [2.75, 3.05) is 0 Å². The van der Waals surface area contributed by atoms with Crippen molar-refractivity contribution in [3.8, 4) is 11.6 Å². The molecule has 1 N–H and O–H groups in total. The van der Waals surface area contributed by atoms with Crippen molar-refractivity contribution >= 4 is 27.0 Å². The van der Waals surface area contributed by atoms with Crippen molar-refractivity contribution < 1.29 is 5.11 Å². The Morgan fingerprint density at radius 2 is 2.11 bits per heavy atom. The van der Waals surface area contributed by atoms with Crippen LogP contribution in [-0.4, -0.2) is 24.9 Å². The molecule has 0 aliphatic carbocycles. The van der Waals surface area contributed by atoms with E-state index in [-0.39, 0.29) is 5.88 Å². The Morgan fingerprint density at radius 1 is 1.28 bits per heavy atom. The molecule has 0 amide bonds. The summed E-state index contributed by atoms with van der Waals surface area (Å²) in [7, 11) is 0. The van der Waals surface area contributed by atoms with Crippen LogP contribution in [0.1, 0.15) is 5.56 Å². The zero-order chi connectivity index (χ0) is 12.7. The van der Waals surface area contributed by atoms with Crippen molar-refractivity contribution in [2.45, 2.75) is 6.92 Å². The van der Waals surface area contributed by atoms with E-state index >= 15 is 0 Å². The van der Waals surface area contributed by atoms with Gasteiger partial charge in [-0.3, -0.25) is 0 Å². The van der Waals surface area contributed by atoms with E-state index in [2.05, 4.69) is 31.0 Å². The van der Waals surface area contributed by atoms with E-state index < -0.39 is 0 Å². The van der Waals surface area contributed by atoms with E-state index in [0.717, 1.165) is 15.7 Å². The van der Waals surface area contributed by atoms with Gasteiger partial charge in [0.2, 0.25) is 5.88 Å². The van der Waals surface area contributed by atoms with Gasteiger partial charge in [-0.25, -0.2) is 14.6 Å². The molecule has 6 heteroatoms. The van der Waals surface area contributed by atoms with Crippen LogP contribution in [0, 0.1) is 6.92 Å². The fourth-order valence-electron chi connectivity index (χ4n) is 1.83. The number of hydrogen-bond donors (Lipinski definition) is 1. The molecule has 0 radical (unpaired) electrons. The standard InChI is InChI=1S/C12H9BrN4O/c1-7-9(13)3-2-4-10(7)17-11-8(5-16-17)12(18)15-6-14-11/h2-6H,1H3,(H,14,15,18). The summed E-state index contributed by atoms with van der Waals surface area (Å²) < 4.78 is 2.69. The van der Waals surface area contributed by atoms with Gasteiger partial charge in [0.15, 0.2) is 5.65 Å². The van der Waals surface area contributed by atoms with Crippen LogP contribution in [-0.2, 0) is 0 Å². The fraction of sp³-hybridized carbons (Fsp3) is 0.0833. The first-order chi connectivity index (χ1) is 8.68. The molecule has 3 aromatic rings. The first-order valence-electron chi connectivity index (χ1n) is 5.31. The molecular weight excluding hydrogens is 296 g/mol. The van der Waals surface area contributed by atoms with Crippen LogP contribution in [0.3, 0.4) is 0 Å². The van der Waals surface area contributed by atoms with Crippen molar-refractivity contribution in [1.29, 1.82) is 0 Å². The van der Waals surface area contributed by atoms with Crippen LogP contribution in [0.25, 0.3) is 16.7 Å². The third-order valence-corrected chi connectivity index (χ3v) is 3.67. The molecule has 0 aliphatic heterocycles. The number of rotatable bonds is 1. The van der Waals surface area contributed by atoms with Gasteiger partial charge in [-0.15, -0.1) is 0 Å². The molecule has 0 fully saturated rings. The van der Waals surface area contributed by atoms with Gasteiger partial charge in [0.05, 0.1) is 11.9 Å². The molecule has 5 nitrogen and oxygen atoms in total. The highest BCUT2D eigenvalue weighted by Crippen LogP contribution is 2.26. The van der Waals surface area contributed by atoms with Gasteiger partial charge in [0, 0.05) is 4.47 Å². The van der Waals surface area contributed by atoms with Gasteiger partial charge < -0.3 is 5.11 Å². The summed E-state index contributed by atoms with van der Waals surface area (Å²) in [5, 5.41) is 14.4. The van der Waals surface area contributed by atoms with Gasteiger partial charge in [0.1, 0.15) is 11.7 Å². The van der Waals surface area contributed by atoms with Crippen molar-refractivity contribution in [3.05, 3.63) is 40.8 Å². The number of benzene rings is 1. The molecule has 1 aromatic carbocycles. The number of aromatic nitrogens is 4. The summed E-state index contributed by atoms with van der Waals surface area (Å²) in [5.74, 6) is -0.0566. The van der Waals surface area contributed by atoms with Crippen LogP contribution in [0.15, 0.2) is 35.2 Å². The molecule has 0 saturated heterocycles. The SMILES string of the molecule is Cc1c(Br)cccc1-n1ncc2c(O)ncnc21. The summed E-state index contributed by atoms with van der Waals surface area (Å²) in [4.78, 5) is 7.90. The lowest BCUT2D eigenvalue weighted by atomic mass is 10.2. The Morgan fingerprint density at radius 3 is 2.94 bits per heavy atom. The predicted molar refractivity (Wildman–Crippen MR) is 70.8 cm³/mol. The quantitative estimate of drug-likeness (QED) is 0.750. The highest BCUT2D eigenvalue weighted by molar-refractivity contribution is 9.10. The second-order valence-electron chi connectivity index (χ2n) is 3.87. The van der Waals surface area contributed by atoms with E-state index in [1.165, 1.54) is 6.33 Å². The highest BCUT2D eigenvalue weighted by Gasteiger charge is 2.12. The van der Waals surface area contributed by atoms with Gasteiger partial charge in [-0.05, 0) is 24.6 Å². The Bertz CT molecular complexity index is 738. The molecule has 2 aromatic heterocycles. The molecule has 2 heterocycles. The van der Waals surface area contributed by atoms with Crippen LogP contribution in [0.2, 0.25) is 0 Å². The highest BCUT2D eigenvalue weighted by atomic mass is 79.9. The molecule has 18 heavy (non-hydrogen) atoms. The molecule has 0 unspecified atom stereocenters. The van der Waals surface area contributed by atoms with Crippen molar-refractivity contribution in [3.63, 3.8) is 0 Å². The van der Waals surface area contributed by atoms with Crippen LogP contribution < -0.4 is 0 Å². The monoisotopic (exact) mass is 304 g/mol. The molecule has 0 atom stereocenters.